The Morgan fingerprint density at radius 1 is 1.17 bits per heavy atom. The van der Waals surface area contributed by atoms with Gasteiger partial charge < -0.3 is 10.4 Å². The summed E-state index contributed by atoms with van der Waals surface area (Å²) >= 11 is 0. The lowest BCUT2D eigenvalue weighted by atomic mass is 10.0. The number of anilines is 2. The summed E-state index contributed by atoms with van der Waals surface area (Å²) in [6.07, 6.45) is 1.72. The highest BCUT2D eigenvalue weighted by Crippen LogP contribution is 2.27. The Morgan fingerprint density at radius 3 is 2.67 bits per heavy atom. The van der Waals surface area contributed by atoms with Crippen LogP contribution in [0.15, 0.2) is 42.6 Å². The summed E-state index contributed by atoms with van der Waals surface area (Å²) in [6.45, 7) is 4.30. The van der Waals surface area contributed by atoms with E-state index in [1.165, 1.54) is 5.56 Å². The van der Waals surface area contributed by atoms with Gasteiger partial charge in [-0.25, -0.2) is 4.98 Å². The molecule has 0 bridgehead atoms. The molecule has 0 amide bonds. The maximum Gasteiger partial charge on any atom is 0.135 e. The molecule has 0 radical (unpaired) electrons. The summed E-state index contributed by atoms with van der Waals surface area (Å²) in [5, 5.41) is 12.6. The summed E-state index contributed by atoms with van der Waals surface area (Å²) in [5.74, 6) is 1.16. The van der Waals surface area contributed by atoms with Gasteiger partial charge in [0.25, 0.3) is 0 Å². The molecular formula is C15H18N2O. The Hall–Kier alpha value is -1.87. The molecule has 2 N–H and O–H groups in total. The summed E-state index contributed by atoms with van der Waals surface area (Å²) in [6, 6.07) is 11.9. The molecule has 0 aliphatic carbocycles. The van der Waals surface area contributed by atoms with E-state index >= 15 is 0 Å². The molecule has 0 aliphatic heterocycles. The first-order chi connectivity index (χ1) is 8.72. The lowest BCUT2D eigenvalue weighted by molar-refractivity contribution is 0.282. The maximum atomic E-state index is 9.29. The Morgan fingerprint density at radius 2 is 1.94 bits per heavy atom. The first-order valence-corrected chi connectivity index (χ1v) is 6.13. The summed E-state index contributed by atoms with van der Waals surface area (Å²) in [4.78, 5) is 4.27. The van der Waals surface area contributed by atoms with Crippen molar-refractivity contribution >= 4 is 11.5 Å². The number of aromatic nitrogens is 1. The predicted octanol–water partition coefficient (Wildman–Crippen LogP) is 3.44. The smallest absolute Gasteiger partial charge is 0.135 e. The SMILES string of the molecule is CC(C)c1ccccc1Nc1ncccc1CO. The van der Waals surface area contributed by atoms with Gasteiger partial charge in [0.05, 0.1) is 6.61 Å². The second-order valence-corrected chi connectivity index (χ2v) is 4.54. The van der Waals surface area contributed by atoms with Crippen LogP contribution in [0.1, 0.15) is 30.9 Å². The first kappa shape index (κ1) is 12.6. The molecule has 3 heteroatoms. The van der Waals surface area contributed by atoms with Crippen LogP contribution in [0, 0.1) is 0 Å². The molecule has 2 aromatic rings. The Labute approximate surface area is 108 Å². The number of hydrogen-bond acceptors (Lipinski definition) is 3. The Kier molecular flexibility index (Phi) is 3.95. The van der Waals surface area contributed by atoms with Crippen LogP contribution in [-0.4, -0.2) is 10.1 Å². The van der Waals surface area contributed by atoms with Gasteiger partial charge in [0.15, 0.2) is 0 Å². The van der Waals surface area contributed by atoms with Crippen LogP contribution < -0.4 is 5.32 Å². The molecule has 0 atom stereocenters. The number of pyridine rings is 1. The van der Waals surface area contributed by atoms with Gasteiger partial charge in [-0.05, 0) is 23.6 Å². The molecule has 0 fully saturated rings. The fourth-order valence-electron chi connectivity index (χ4n) is 1.92. The molecule has 18 heavy (non-hydrogen) atoms. The van der Waals surface area contributed by atoms with Gasteiger partial charge in [-0.3, -0.25) is 0 Å². The van der Waals surface area contributed by atoms with Crippen LogP contribution in [0.3, 0.4) is 0 Å². The van der Waals surface area contributed by atoms with E-state index in [1.54, 1.807) is 6.20 Å². The molecule has 94 valence electrons. The van der Waals surface area contributed by atoms with E-state index in [1.807, 2.05) is 30.3 Å². The highest BCUT2D eigenvalue weighted by molar-refractivity contribution is 5.63. The third kappa shape index (κ3) is 2.68. The molecule has 0 aliphatic rings. The molecule has 1 aromatic carbocycles. The van der Waals surface area contributed by atoms with Crippen LogP contribution in [0.25, 0.3) is 0 Å². The number of nitrogens with zero attached hydrogens (tertiary/aromatic N) is 1. The Balaban J connectivity index is 2.34. The van der Waals surface area contributed by atoms with E-state index in [2.05, 4.69) is 30.2 Å². The van der Waals surface area contributed by atoms with Gasteiger partial charge in [0.2, 0.25) is 0 Å². The van der Waals surface area contributed by atoms with E-state index in [-0.39, 0.29) is 6.61 Å². The highest BCUT2D eigenvalue weighted by Gasteiger charge is 2.08. The lowest BCUT2D eigenvalue weighted by Crippen LogP contribution is -2.02. The van der Waals surface area contributed by atoms with Crippen molar-refractivity contribution in [3.05, 3.63) is 53.7 Å². The van der Waals surface area contributed by atoms with E-state index < -0.39 is 0 Å². The molecule has 1 aromatic heterocycles. The molecule has 0 unspecified atom stereocenters. The number of aliphatic hydroxyl groups is 1. The zero-order valence-electron chi connectivity index (χ0n) is 10.7. The lowest BCUT2D eigenvalue weighted by Gasteiger charge is -2.15. The topological polar surface area (TPSA) is 45.2 Å². The third-order valence-electron chi connectivity index (χ3n) is 2.90. The van der Waals surface area contributed by atoms with E-state index in [0.717, 1.165) is 11.3 Å². The number of aliphatic hydroxyl groups excluding tert-OH is 1. The highest BCUT2D eigenvalue weighted by atomic mass is 16.3. The molecular weight excluding hydrogens is 224 g/mol. The van der Waals surface area contributed by atoms with Crippen molar-refractivity contribution in [2.24, 2.45) is 0 Å². The fraction of sp³-hybridized carbons (Fsp3) is 0.267. The monoisotopic (exact) mass is 242 g/mol. The van der Waals surface area contributed by atoms with E-state index in [9.17, 15) is 5.11 Å². The average molecular weight is 242 g/mol. The van der Waals surface area contributed by atoms with Gasteiger partial charge in [-0.15, -0.1) is 0 Å². The number of nitrogens with one attached hydrogen (secondary N) is 1. The van der Waals surface area contributed by atoms with Gasteiger partial charge in [0.1, 0.15) is 5.82 Å². The standard InChI is InChI=1S/C15H18N2O/c1-11(2)13-7-3-4-8-14(13)17-15-12(10-18)6-5-9-16-15/h3-9,11,18H,10H2,1-2H3,(H,16,17). The van der Waals surface area contributed by atoms with Crippen molar-refractivity contribution in [3.8, 4) is 0 Å². The van der Waals surface area contributed by atoms with Crippen LogP contribution in [0.2, 0.25) is 0 Å². The first-order valence-electron chi connectivity index (χ1n) is 6.13. The molecule has 0 saturated carbocycles. The van der Waals surface area contributed by atoms with Crippen LogP contribution in [0.5, 0.6) is 0 Å². The zero-order valence-corrected chi connectivity index (χ0v) is 10.7. The van der Waals surface area contributed by atoms with Gasteiger partial charge in [-0.1, -0.05) is 38.1 Å². The van der Waals surface area contributed by atoms with Crippen molar-refractivity contribution in [2.45, 2.75) is 26.4 Å². The minimum absolute atomic E-state index is 0.0139. The zero-order chi connectivity index (χ0) is 13.0. The second kappa shape index (κ2) is 5.65. The minimum Gasteiger partial charge on any atom is -0.392 e. The normalized spacial score (nSPS) is 10.7. The Bertz CT molecular complexity index is 523. The van der Waals surface area contributed by atoms with Crippen LogP contribution in [0.4, 0.5) is 11.5 Å². The van der Waals surface area contributed by atoms with Crippen molar-refractivity contribution in [1.82, 2.24) is 4.98 Å². The van der Waals surface area contributed by atoms with Crippen molar-refractivity contribution < 1.29 is 5.11 Å². The maximum absolute atomic E-state index is 9.29. The van der Waals surface area contributed by atoms with Gasteiger partial charge >= 0.3 is 0 Å². The van der Waals surface area contributed by atoms with Gasteiger partial charge in [-0.2, -0.15) is 0 Å². The number of para-hydroxylation sites is 1. The van der Waals surface area contributed by atoms with Crippen molar-refractivity contribution in [3.63, 3.8) is 0 Å². The van der Waals surface area contributed by atoms with Crippen molar-refractivity contribution in [1.29, 1.82) is 0 Å². The predicted molar refractivity (Wildman–Crippen MR) is 74.0 cm³/mol. The minimum atomic E-state index is -0.0139. The molecule has 3 nitrogen and oxygen atoms in total. The fourth-order valence-corrected chi connectivity index (χ4v) is 1.92. The number of rotatable bonds is 4. The molecule has 0 saturated heterocycles. The van der Waals surface area contributed by atoms with Crippen LogP contribution in [-0.2, 0) is 6.61 Å². The van der Waals surface area contributed by atoms with E-state index in [0.29, 0.717) is 11.7 Å². The van der Waals surface area contributed by atoms with Crippen LogP contribution >= 0.6 is 0 Å². The third-order valence-corrected chi connectivity index (χ3v) is 2.90. The summed E-state index contributed by atoms with van der Waals surface area (Å²) in [7, 11) is 0. The summed E-state index contributed by atoms with van der Waals surface area (Å²) < 4.78 is 0. The number of hydrogen-bond donors (Lipinski definition) is 2. The summed E-state index contributed by atoms with van der Waals surface area (Å²) in [5.41, 5.74) is 3.09. The quantitative estimate of drug-likeness (QED) is 0.863. The van der Waals surface area contributed by atoms with Crippen molar-refractivity contribution in [2.75, 3.05) is 5.32 Å². The van der Waals surface area contributed by atoms with E-state index in [4.69, 9.17) is 0 Å². The number of benzene rings is 1. The average Bonchev–Trinajstić information content (AvgIpc) is 2.40. The van der Waals surface area contributed by atoms with Gasteiger partial charge in [0, 0.05) is 17.4 Å². The second-order valence-electron chi connectivity index (χ2n) is 4.54. The molecule has 1 heterocycles. The largest absolute Gasteiger partial charge is 0.392 e. The molecule has 2 rings (SSSR count). The molecule has 0 spiro atoms.